The summed E-state index contributed by atoms with van der Waals surface area (Å²) in [6, 6.07) is 20.9. The molecule has 26 heavy (non-hydrogen) atoms. The van der Waals surface area contributed by atoms with Crippen molar-refractivity contribution in [3.8, 4) is 12.1 Å². The third kappa shape index (κ3) is 2.45. The topological polar surface area (TPSA) is 47.6 Å². The minimum atomic E-state index is -0.0437. The van der Waals surface area contributed by atoms with Crippen molar-refractivity contribution in [2.75, 3.05) is 0 Å². The molecule has 0 bridgehead atoms. The van der Waals surface area contributed by atoms with Gasteiger partial charge in [0.1, 0.15) is 12.1 Å². The Morgan fingerprint density at radius 1 is 0.808 bits per heavy atom. The second-order valence-corrected chi connectivity index (χ2v) is 7.95. The van der Waals surface area contributed by atoms with E-state index in [-0.39, 0.29) is 5.41 Å². The first-order valence-corrected chi connectivity index (χ1v) is 9.32. The third-order valence-corrected chi connectivity index (χ3v) is 6.26. The molecule has 2 radical (unpaired) electrons. The summed E-state index contributed by atoms with van der Waals surface area (Å²) in [6.07, 6.45) is 3.71. The van der Waals surface area contributed by atoms with Gasteiger partial charge in [-0.3, -0.25) is 0 Å². The van der Waals surface area contributed by atoms with Crippen LogP contribution in [-0.2, 0) is 0 Å². The SMILES string of the molecule is CC1(C)[C](c2ccccc2)C2CCCC2[C]1c1ccc(C#N)c(C#N)c1. The maximum Gasteiger partial charge on any atom is 0.101 e. The number of rotatable bonds is 2. The van der Waals surface area contributed by atoms with Gasteiger partial charge in [0.05, 0.1) is 11.1 Å². The summed E-state index contributed by atoms with van der Waals surface area (Å²) in [5.74, 6) is 4.11. The number of fused-ring (bicyclic) bond motifs is 1. The number of benzene rings is 2. The molecule has 0 spiro atoms. The molecule has 4 rings (SSSR count). The maximum atomic E-state index is 9.45. The van der Waals surface area contributed by atoms with Crippen LogP contribution < -0.4 is 0 Å². The summed E-state index contributed by atoms with van der Waals surface area (Å²) < 4.78 is 0. The van der Waals surface area contributed by atoms with Crippen LogP contribution in [0.15, 0.2) is 48.5 Å². The maximum absolute atomic E-state index is 9.45. The van der Waals surface area contributed by atoms with Gasteiger partial charge in [-0.1, -0.05) is 56.7 Å². The molecule has 0 saturated heterocycles. The highest BCUT2D eigenvalue weighted by atomic mass is 14.6. The van der Waals surface area contributed by atoms with Gasteiger partial charge in [-0.05, 0) is 53.4 Å². The van der Waals surface area contributed by atoms with E-state index in [1.807, 2.05) is 12.1 Å². The Hall–Kier alpha value is -2.58. The fraction of sp³-hybridized carbons (Fsp3) is 0.333. The van der Waals surface area contributed by atoms with Crippen molar-refractivity contribution in [2.24, 2.45) is 17.3 Å². The molecule has 2 aromatic carbocycles. The zero-order valence-corrected chi connectivity index (χ0v) is 15.3. The summed E-state index contributed by atoms with van der Waals surface area (Å²) in [5, 5.41) is 18.7. The van der Waals surface area contributed by atoms with Gasteiger partial charge < -0.3 is 0 Å². The lowest BCUT2D eigenvalue weighted by Crippen LogP contribution is -2.26. The average Bonchev–Trinajstić information content (AvgIpc) is 3.18. The van der Waals surface area contributed by atoms with E-state index in [0.29, 0.717) is 23.0 Å². The predicted octanol–water partition coefficient (Wildman–Crippen LogP) is 5.43. The molecule has 2 unspecified atom stereocenters. The Balaban J connectivity index is 1.82. The lowest BCUT2D eigenvalue weighted by Gasteiger charge is -2.35. The molecule has 0 N–H and O–H groups in total. The van der Waals surface area contributed by atoms with Gasteiger partial charge in [0.15, 0.2) is 0 Å². The normalized spacial score (nSPS) is 24.8. The van der Waals surface area contributed by atoms with Gasteiger partial charge in [0.25, 0.3) is 0 Å². The third-order valence-electron chi connectivity index (χ3n) is 6.26. The summed E-state index contributed by atoms with van der Waals surface area (Å²) in [6.45, 7) is 4.65. The molecule has 0 heterocycles. The second-order valence-electron chi connectivity index (χ2n) is 7.95. The smallest absolute Gasteiger partial charge is 0.101 e. The van der Waals surface area contributed by atoms with Crippen LogP contribution in [0.3, 0.4) is 0 Å². The fourth-order valence-electron chi connectivity index (χ4n) is 5.39. The van der Waals surface area contributed by atoms with Crippen molar-refractivity contribution in [3.63, 3.8) is 0 Å². The minimum absolute atomic E-state index is 0.0437. The standard InChI is InChI=1S/C24H22N2/c1-24(2)22(16-7-4-3-5-8-16)20-9-6-10-21(20)23(24)17-11-12-18(14-25)19(13-17)15-26/h3-5,7-8,11-13,20-21H,6,9-10H2,1-2H3. The van der Waals surface area contributed by atoms with Crippen LogP contribution in [0.2, 0.25) is 0 Å². The van der Waals surface area contributed by atoms with Gasteiger partial charge in [0.2, 0.25) is 0 Å². The summed E-state index contributed by atoms with van der Waals surface area (Å²) in [5.41, 5.74) is 3.38. The zero-order chi connectivity index (χ0) is 18.3. The minimum Gasteiger partial charge on any atom is -0.192 e. The number of hydrogen-bond donors (Lipinski definition) is 0. The summed E-state index contributed by atoms with van der Waals surface area (Å²) in [4.78, 5) is 0. The van der Waals surface area contributed by atoms with Crippen LogP contribution in [0.4, 0.5) is 0 Å². The van der Waals surface area contributed by atoms with Crippen LogP contribution in [0.5, 0.6) is 0 Å². The van der Waals surface area contributed by atoms with Crippen LogP contribution >= 0.6 is 0 Å². The summed E-state index contributed by atoms with van der Waals surface area (Å²) >= 11 is 0. The van der Waals surface area contributed by atoms with Crippen molar-refractivity contribution in [3.05, 3.63) is 82.6 Å². The van der Waals surface area contributed by atoms with Crippen molar-refractivity contribution in [1.29, 1.82) is 10.5 Å². The molecule has 0 aliphatic heterocycles. The number of nitrogens with zero attached hydrogens (tertiary/aromatic N) is 2. The molecule has 2 atom stereocenters. The molecule has 2 aliphatic carbocycles. The van der Waals surface area contributed by atoms with Gasteiger partial charge in [0, 0.05) is 11.8 Å². The quantitative estimate of drug-likeness (QED) is 0.733. The molecule has 2 nitrogen and oxygen atoms in total. The van der Waals surface area contributed by atoms with E-state index in [2.05, 4.69) is 56.3 Å². The van der Waals surface area contributed by atoms with Crippen molar-refractivity contribution in [2.45, 2.75) is 33.1 Å². The van der Waals surface area contributed by atoms with E-state index in [1.54, 1.807) is 12.0 Å². The van der Waals surface area contributed by atoms with Crippen molar-refractivity contribution in [1.82, 2.24) is 0 Å². The Labute approximate surface area is 156 Å². The molecule has 2 fully saturated rings. The van der Waals surface area contributed by atoms with Crippen molar-refractivity contribution < 1.29 is 0 Å². The first kappa shape index (κ1) is 16.9. The molecular formula is C24H22N2. The van der Waals surface area contributed by atoms with Gasteiger partial charge in [-0.25, -0.2) is 0 Å². The Morgan fingerprint density at radius 3 is 2.04 bits per heavy atom. The van der Waals surface area contributed by atoms with Gasteiger partial charge in [-0.15, -0.1) is 0 Å². The van der Waals surface area contributed by atoms with Gasteiger partial charge in [-0.2, -0.15) is 10.5 Å². The van der Waals surface area contributed by atoms with Crippen LogP contribution in [-0.4, -0.2) is 0 Å². The molecule has 2 aromatic rings. The first-order valence-electron chi connectivity index (χ1n) is 9.32. The van der Waals surface area contributed by atoms with E-state index in [1.165, 1.54) is 30.7 Å². The lowest BCUT2D eigenvalue weighted by atomic mass is 9.68. The van der Waals surface area contributed by atoms with Crippen LogP contribution in [0.25, 0.3) is 0 Å². The second kappa shape index (κ2) is 6.30. The Kier molecular flexibility index (Phi) is 4.08. The van der Waals surface area contributed by atoms with E-state index < -0.39 is 0 Å². The highest BCUT2D eigenvalue weighted by Gasteiger charge is 2.57. The molecule has 128 valence electrons. The highest BCUT2D eigenvalue weighted by molar-refractivity contribution is 5.56. The van der Waals surface area contributed by atoms with Crippen LogP contribution in [0.1, 0.15) is 55.4 Å². The summed E-state index contributed by atoms with van der Waals surface area (Å²) in [7, 11) is 0. The van der Waals surface area contributed by atoms with E-state index in [9.17, 15) is 10.5 Å². The number of hydrogen-bond acceptors (Lipinski definition) is 2. The lowest BCUT2D eigenvalue weighted by molar-refractivity contribution is 0.436. The molecule has 2 heteroatoms. The molecule has 2 saturated carbocycles. The largest absolute Gasteiger partial charge is 0.192 e. The molecule has 0 aromatic heterocycles. The molecule has 0 amide bonds. The van der Waals surface area contributed by atoms with E-state index in [4.69, 9.17) is 0 Å². The zero-order valence-electron chi connectivity index (χ0n) is 15.3. The fourth-order valence-corrected chi connectivity index (χ4v) is 5.39. The van der Waals surface area contributed by atoms with E-state index in [0.717, 1.165) is 5.56 Å². The molecular weight excluding hydrogens is 316 g/mol. The van der Waals surface area contributed by atoms with Gasteiger partial charge >= 0.3 is 0 Å². The highest BCUT2D eigenvalue weighted by Crippen LogP contribution is 2.66. The Morgan fingerprint density at radius 2 is 1.42 bits per heavy atom. The monoisotopic (exact) mass is 338 g/mol. The van der Waals surface area contributed by atoms with E-state index >= 15 is 0 Å². The first-order chi connectivity index (χ1) is 12.6. The van der Waals surface area contributed by atoms with Crippen molar-refractivity contribution >= 4 is 0 Å². The van der Waals surface area contributed by atoms with Crippen LogP contribution in [0, 0.1) is 51.7 Å². The number of nitriles is 2. The molecule has 2 aliphatic rings. The Bertz CT molecular complexity index is 898. The average molecular weight is 338 g/mol. The predicted molar refractivity (Wildman–Crippen MR) is 102 cm³/mol.